The summed E-state index contributed by atoms with van der Waals surface area (Å²) in [6, 6.07) is 7.48. The van der Waals surface area contributed by atoms with Crippen LogP contribution in [0.15, 0.2) is 36.5 Å². The van der Waals surface area contributed by atoms with E-state index in [9.17, 15) is 9.18 Å². The van der Waals surface area contributed by atoms with E-state index < -0.39 is 11.8 Å². The first kappa shape index (κ1) is 12.2. The third-order valence-corrected chi connectivity index (χ3v) is 2.72. The van der Waals surface area contributed by atoms with Gasteiger partial charge < -0.3 is 15.0 Å². The van der Waals surface area contributed by atoms with Crippen molar-refractivity contribution in [3.63, 3.8) is 0 Å². The second-order valence-corrected chi connectivity index (χ2v) is 3.96. The molecule has 94 valence electrons. The van der Waals surface area contributed by atoms with Crippen LogP contribution in [0.25, 0.3) is 0 Å². The van der Waals surface area contributed by atoms with Crippen molar-refractivity contribution >= 4 is 11.7 Å². The standard InChI is InChI=1S/C13H13FN2O2/c1-16-6-2-3-10(16)8-15-12-7-9(13(17)18)4-5-11(12)14/h2-7,15H,8H2,1H3,(H,17,18). The highest BCUT2D eigenvalue weighted by Crippen LogP contribution is 2.17. The number of rotatable bonds is 4. The lowest BCUT2D eigenvalue weighted by Crippen LogP contribution is -2.06. The molecule has 0 radical (unpaired) electrons. The van der Waals surface area contributed by atoms with Crippen LogP contribution in [0.4, 0.5) is 10.1 Å². The van der Waals surface area contributed by atoms with Gasteiger partial charge in [0.05, 0.1) is 17.8 Å². The number of benzene rings is 1. The summed E-state index contributed by atoms with van der Waals surface area (Å²) < 4.78 is 15.4. The number of aromatic carboxylic acids is 1. The van der Waals surface area contributed by atoms with Gasteiger partial charge in [-0.2, -0.15) is 0 Å². The second-order valence-electron chi connectivity index (χ2n) is 3.96. The lowest BCUT2D eigenvalue weighted by Gasteiger charge is -2.09. The molecule has 2 aromatic rings. The molecule has 1 aromatic heterocycles. The Labute approximate surface area is 104 Å². The summed E-state index contributed by atoms with van der Waals surface area (Å²) in [6.45, 7) is 0.434. The molecule has 2 N–H and O–H groups in total. The topological polar surface area (TPSA) is 54.3 Å². The molecule has 1 heterocycles. The van der Waals surface area contributed by atoms with Crippen molar-refractivity contribution in [2.24, 2.45) is 7.05 Å². The van der Waals surface area contributed by atoms with Gasteiger partial charge in [-0.25, -0.2) is 9.18 Å². The summed E-state index contributed by atoms with van der Waals surface area (Å²) in [7, 11) is 1.89. The van der Waals surface area contributed by atoms with Crippen LogP contribution in [0.1, 0.15) is 16.1 Å². The van der Waals surface area contributed by atoms with Gasteiger partial charge in [-0.1, -0.05) is 0 Å². The monoisotopic (exact) mass is 248 g/mol. The zero-order valence-electron chi connectivity index (χ0n) is 9.85. The van der Waals surface area contributed by atoms with E-state index in [1.165, 1.54) is 12.1 Å². The largest absolute Gasteiger partial charge is 0.478 e. The van der Waals surface area contributed by atoms with Gasteiger partial charge >= 0.3 is 5.97 Å². The summed E-state index contributed by atoms with van der Waals surface area (Å²) in [5.74, 6) is -1.54. The van der Waals surface area contributed by atoms with E-state index in [1.54, 1.807) is 0 Å². The fourth-order valence-corrected chi connectivity index (χ4v) is 1.66. The normalized spacial score (nSPS) is 10.3. The minimum Gasteiger partial charge on any atom is -0.478 e. The molecule has 0 bridgehead atoms. The van der Waals surface area contributed by atoms with E-state index in [0.717, 1.165) is 11.8 Å². The minimum absolute atomic E-state index is 0.0609. The van der Waals surface area contributed by atoms with Crippen LogP contribution in [-0.2, 0) is 13.6 Å². The minimum atomic E-state index is -1.07. The molecule has 4 nitrogen and oxygen atoms in total. The van der Waals surface area contributed by atoms with Gasteiger partial charge in [0.25, 0.3) is 0 Å². The number of carboxylic acids is 1. The highest BCUT2D eigenvalue weighted by atomic mass is 19.1. The van der Waals surface area contributed by atoms with E-state index in [0.29, 0.717) is 6.54 Å². The Morgan fingerprint density at radius 2 is 2.22 bits per heavy atom. The van der Waals surface area contributed by atoms with E-state index >= 15 is 0 Å². The Morgan fingerprint density at radius 3 is 2.83 bits per heavy atom. The average Bonchev–Trinajstić information content (AvgIpc) is 2.73. The number of carboxylic acid groups (broad SMARTS) is 1. The molecule has 18 heavy (non-hydrogen) atoms. The highest BCUT2D eigenvalue weighted by Gasteiger charge is 2.08. The lowest BCUT2D eigenvalue weighted by molar-refractivity contribution is 0.0697. The van der Waals surface area contributed by atoms with Crippen molar-refractivity contribution in [3.8, 4) is 0 Å². The Kier molecular flexibility index (Phi) is 3.32. The molecule has 2 rings (SSSR count). The first-order valence-corrected chi connectivity index (χ1v) is 5.45. The van der Waals surface area contributed by atoms with Crippen LogP contribution in [-0.4, -0.2) is 15.6 Å². The van der Waals surface area contributed by atoms with Gasteiger partial charge in [-0.3, -0.25) is 0 Å². The van der Waals surface area contributed by atoms with Gasteiger partial charge in [-0.05, 0) is 30.3 Å². The summed E-state index contributed by atoms with van der Waals surface area (Å²) in [6.07, 6.45) is 1.89. The SMILES string of the molecule is Cn1cccc1CNc1cc(C(=O)O)ccc1F. The van der Waals surface area contributed by atoms with Gasteiger partial charge in [0.2, 0.25) is 0 Å². The Hall–Kier alpha value is -2.30. The molecular formula is C13H13FN2O2. The van der Waals surface area contributed by atoms with E-state index in [-0.39, 0.29) is 11.3 Å². The van der Waals surface area contributed by atoms with Crippen LogP contribution >= 0.6 is 0 Å². The van der Waals surface area contributed by atoms with Crippen LogP contribution in [0.3, 0.4) is 0 Å². The molecule has 0 saturated heterocycles. The van der Waals surface area contributed by atoms with Crippen molar-refractivity contribution in [2.45, 2.75) is 6.54 Å². The number of anilines is 1. The zero-order chi connectivity index (χ0) is 13.1. The van der Waals surface area contributed by atoms with E-state index in [1.807, 2.05) is 29.9 Å². The Morgan fingerprint density at radius 1 is 1.44 bits per heavy atom. The number of nitrogens with zero attached hydrogens (tertiary/aromatic N) is 1. The average molecular weight is 248 g/mol. The van der Waals surface area contributed by atoms with Crippen LogP contribution in [0.5, 0.6) is 0 Å². The summed E-state index contributed by atoms with van der Waals surface area (Å²) in [4.78, 5) is 10.8. The molecule has 0 aliphatic carbocycles. The first-order valence-electron chi connectivity index (χ1n) is 5.45. The van der Waals surface area contributed by atoms with Crippen molar-refractivity contribution in [1.82, 2.24) is 4.57 Å². The van der Waals surface area contributed by atoms with Gasteiger partial charge in [-0.15, -0.1) is 0 Å². The third-order valence-electron chi connectivity index (χ3n) is 2.72. The molecule has 1 aromatic carbocycles. The fraction of sp³-hybridized carbons (Fsp3) is 0.154. The molecule has 0 atom stereocenters. The van der Waals surface area contributed by atoms with Gasteiger partial charge in [0.15, 0.2) is 0 Å². The molecule has 0 amide bonds. The van der Waals surface area contributed by atoms with Gasteiger partial charge in [0, 0.05) is 18.9 Å². The summed E-state index contributed by atoms with van der Waals surface area (Å²) in [5, 5.41) is 11.7. The van der Waals surface area contributed by atoms with Crippen LogP contribution < -0.4 is 5.32 Å². The van der Waals surface area contributed by atoms with Crippen molar-refractivity contribution < 1.29 is 14.3 Å². The van der Waals surface area contributed by atoms with E-state index in [4.69, 9.17) is 5.11 Å². The summed E-state index contributed by atoms with van der Waals surface area (Å²) >= 11 is 0. The fourth-order valence-electron chi connectivity index (χ4n) is 1.66. The number of nitrogens with one attached hydrogen (secondary N) is 1. The van der Waals surface area contributed by atoms with Crippen LogP contribution in [0.2, 0.25) is 0 Å². The predicted octanol–water partition coefficient (Wildman–Crippen LogP) is 2.47. The molecule has 5 heteroatoms. The van der Waals surface area contributed by atoms with Gasteiger partial charge in [0.1, 0.15) is 5.82 Å². The Balaban J connectivity index is 2.16. The quantitative estimate of drug-likeness (QED) is 0.874. The number of hydrogen-bond donors (Lipinski definition) is 2. The third kappa shape index (κ3) is 2.51. The molecule has 0 fully saturated rings. The molecular weight excluding hydrogens is 235 g/mol. The summed E-state index contributed by atoms with van der Waals surface area (Å²) in [5.41, 5.74) is 1.23. The molecule has 0 aliphatic rings. The lowest BCUT2D eigenvalue weighted by atomic mass is 10.2. The maximum absolute atomic E-state index is 13.5. The Bertz CT molecular complexity index is 578. The first-order chi connectivity index (χ1) is 8.58. The van der Waals surface area contributed by atoms with E-state index in [2.05, 4.69) is 5.32 Å². The van der Waals surface area contributed by atoms with Crippen molar-refractivity contribution in [2.75, 3.05) is 5.32 Å². The second kappa shape index (κ2) is 4.91. The van der Waals surface area contributed by atoms with Crippen molar-refractivity contribution in [1.29, 1.82) is 0 Å². The molecule has 0 aliphatic heterocycles. The van der Waals surface area contributed by atoms with Crippen LogP contribution in [0, 0.1) is 5.82 Å². The number of aromatic nitrogens is 1. The maximum Gasteiger partial charge on any atom is 0.335 e. The van der Waals surface area contributed by atoms with Crippen molar-refractivity contribution in [3.05, 3.63) is 53.6 Å². The number of halogens is 1. The number of aryl methyl sites for hydroxylation is 1. The smallest absolute Gasteiger partial charge is 0.335 e. The maximum atomic E-state index is 13.5. The molecule has 0 spiro atoms. The number of carbonyl (C=O) groups is 1. The molecule has 0 unspecified atom stereocenters. The zero-order valence-corrected chi connectivity index (χ0v) is 9.85. The molecule has 0 saturated carbocycles. The predicted molar refractivity (Wildman–Crippen MR) is 66.1 cm³/mol. The number of hydrogen-bond acceptors (Lipinski definition) is 2. The highest BCUT2D eigenvalue weighted by molar-refractivity contribution is 5.88.